The molecule has 6 atom stereocenters. The molecule has 0 amide bonds. The molecule has 1 rings (SSSR count). The number of carbonyl (C=O) groups is 2. The maximum Gasteiger partial charge on any atom is 0.472 e. The van der Waals surface area contributed by atoms with Crippen molar-refractivity contribution in [3.63, 3.8) is 0 Å². The Morgan fingerprint density at radius 1 is 0.525 bits per heavy atom. The minimum Gasteiger partial charge on any atom is -0.462 e. The second-order valence-corrected chi connectivity index (χ2v) is 16.9. The van der Waals surface area contributed by atoms with Crippen LogP contribution in [0.5, 0.6) is 0 Å². The molecule has 0 bridgehead atoms. The molecule has 59 heavy (non-hydrogen) atoms. The number of rotatable bonds is 36. The third-order valence-corrected chi connectivity index (χ3v) is 11.1. The van der Waals surface area contributed by atoms with Crippen LogP contribution in [0.1, 0.15) is 168 Å². The van der Waals surface area contributed by atoms with Crippen molar-refractivity contribution in [3.8, 4) is 0 Å². The number of ether oxygens (including phenoxy) is 2. The number of aliphatic hydroxyl groups excluding tert-OH is 5. The molecule has 0 aliphatic heterocycles. The first-order chi connectivity index (χ1) is 28.4. The number of hydrogen-bond acceptors (Lipinski definition) is 12. The Labute approximate surface area is 354 Å². The van der Waals surface area contributed by atoms with E-state index in [0.717, 1.165) is 89.9 Å². The van der Waals surface area contributed by atoms with Gasteiger partial charge in [0.05, 0.1) is 6.61 Å². The smallest absolute Gasteiger partial charge is 0.462 e. The highest BCUT2D eigenvalue weighted by Gasteiger charge is 2.51. The molecule has 6 unspecified atom stereocenters. The molecule has 1 aliphatic carbocycles. The van der Waals surface area contributed by atoms with Crippen molar-refractivity contribution in [2.24, 2.45) is 0 Å². The van der Waals surface area contributed by atoms with E-state index in [9.17, 15) is 44.6 Å². The largest absolute Gasteiger partial charge is 0.472 e. The van der Waals surface area contributed by atoms with E-state index in [2.05, 4.69) is 62.5 Å². The Morgan fingerprint density at radius 2 is 0.932 bits per heavy atom. The molecule has 342 valence electrons. The molecule has 1 saturated carbocycles. The van der Waals surface area contributed by atoms with Crippen LogP contribution in [0.25, 0.3) is 0 Å². The first-order valence-electron chi connectivity index (χ1n) is 22.4. The Bertz CT molecular complexity index is 1220. The lowest BCUT2D eigenvalue weighted by Crippen LogP contribution is -2.64. The van der Waals surface area contributed by atoms with Gasteiger partial charge in [0.15, 0.2) is 6.10 Å². The normalized spacial score (nSPS) is 22.8. The molecular formula is C45H79O13P. The summed E-state index contributed by atoms with van der Waals surface area (Å²) in [5.74, 6) is -1.13. The first kappa shape index (κ1) is 54.8. The molecule has 0 saturated heterocycles. The minimum absolute atomic E-state index is 0.0763. The van der Waals surface area contributed by atoms with Crippen LogP contribution in [0.4, 0.5) is 0 Å². The number of phosphoric acid groups is 1. The summed E-state index contributed by atoms with van der Waals surface area (Å²) in [6.45, 7) is 3.20. The predicted molar refractivity (Wildman–Crippen MR) is 230 cm³/mol. The fraction of sp³-hybridized carbons (Fsp3) is 0.778. The maximum atomic E-state index is 12.8. The summed E-state index contributed by atoms with van der Waals surface area (Å²) in [4.78, 5) is 35.6. The Kier molecular flexibility index (Phi) is 32.9. The highest BCUT2D eigenvalue weighted by atomic mass is 31.2. The Morgan fingerprint density at radius 3 is 1.42 bits per heavy atom. The van der Waals surface area contributed by atoms with Crippen LogP contribution < -0.4 is 0 Å². The lowest BCUT2D eigenvalue weighted by molar-refractivity contribution is -0.220. The van der Waals surface area contributed by atoms with E-state index >= 15 is 0 Å². The van der Waals surface area contributed by atoms with Gasteiger partial charge in [-0.15, -0.1) is 0 Å². The van der Waals surface area contributed by atoms with Gasteiger partial charge in [-0.05, 0) is 70.6 Å². The van der Waals surface area contributed by atoms with E-state index in [1.807, 2.05) is 0 Å². The fourth-order valence-corrected chi connectivity index (χ4v) is 7.42. The van der Waals surface area contributed by atoms with Gasteiger partial charge in [0.1, 0.15) is 43.2 Å². The lowest BCUT2D eigenvalue weighted by Gasteiger charge is -2.41. The second kappa shape index (κ2) is 35.4. The number of esters is 2. The van der Waals surface area contributed by atoms with Crippen molar-refractivity contribution in [2.75, 3.05) is 13.2 Å². The Balaban J connectivity index is 2.50. The quantitative estimate of drug-likeness (QED) is 0.0152. The molecule has 1 aliphatic rings. The van der Waals surface area contributed by atoms with Gasteiger partial charge in [-0.2, -0.15) is 0 Å². The molecule has 1 fully saturated rings. The summed E-state index contributed by atoms with van der Waals surface area (Å²) in [6.07, 6.45) is 27.3. The van der Waals surface area contributed by atoms with E-state index in [-0.39, 0.29) is 12.8 Å². The van der Waals surface area contributed by atoms with Crippen molar-refractivity contribution >= 4 is 19.8 Å². The zero-order valence-corrected chi connectivity index (χ0v) is 36.9. The highest BCUT2D eigenvalue weighted by molar-refractivity contribution is 7.47. The molecule has 0 radical (unpaired) electrons. The van der Waals surface area contributed by atoms with Crippen LogP contribution in [0.2, 0.25) is 0 Å². The number of hydrogen-bond donors (Lipinski definition) is 6. The summed E-state index contributed by atoms with van der Waals surface area (Å²) >= 11 is 0. The van der Waals surface area contributed by atoms with Gasteiger partial charge in [-0.3, -0.25) is 18.6 Å². The van der Waals surface area contributed by atoms with E-state index in [1.165, 1.54) is 38.5 Å². The number of phosphoric ester groups is 1. The molecule has 13 nitrogen and oxygen atoms in total. The summed E-state index contributed by atoms with van der Waals surface area (Å²) in [7, 11) is -5.12. The molecule has 0 aromatic carbocycles. The molecule has 0 aromatic rings. The van der Waals surface area contributed by atoms with Crippen molar-refractivity contribution < 1.29 is 63.1 Å². The average Bonchev–Trinajstić information content (AvgIpc) is 3.21. The van der Waals surface area contributed by atoms with Gasteiger partial charge in [0.2, 0.25) is 0 Å². The van der Waals surface area contributed by atoms with Crippen molar-refractivity contribution in [1.29, 1.82) is 0 Å². The summed E-state index contributed by atoms with van der Waals surface area (Å²) in [5.41, 5.74) is 0. The molecule has 14 heteroatoms. The van der Waals surface area contributed by atoms with Crippen LogP contribution >= 0.6 is 7.82 Å². The van der Waals surface area contributed by atoms with E-state index in [4.69, 9.17) is 18.5 Å². The van der Waals surface area contributed by atoms with Gasteiger partial charge < -0.3 is 39.9 Å². The van der Waals surface area contributed by atoms with Crippen LogP contribution in [-0.2, 0) is 32.7 Å². The zero-order chi connectivity index (χ0) is 43.6. The summed E-state index contributed by atoms with van der Waals surface area (Å²) in [5, 5.41) is 50.1. The van der Waals surface area contributed by atoms with Crippen LogP contribution in [-0.4, -0.2) is 98.3 Å². The third-order valence-electron chi connectivity index (χ3n) is 10.1. The van der Waals surface area contributed by atoms with Gasteiger partial charge >= 0.3 is 19.8 Å². The SMILES string of the molecule is CCCC/C=C\C/C=C\CCCCCCCC(=O)OCC(COP(=O)(O)OC1C(O)C(O)C(O)C(O)C1O)OC(=O)CCCCCCC/C=C\C/C=C\CCCCCC. The zero-order valence-electron chi connectivity index (χ0n) is 36.0. The van der Waals surface area contributed by atoms with E-state index in [1.54, 1.807) is 0 Å². The first-order valence-corrected chi connectivity index (χ1v) is 23.9. The summed E-state index contributed by atoms with van der Waals surface area (Å²) in [6, 6.07) is 0. The molecule has 0 spiro atoms. The number of aliphatic hydroxyl groups is 5. The van der Waals surface area contributed by atoms with Crippen molar-refractivity contribution in [1.82, 2.24) is 0 Å². The standard InChI is InChI=1S/C45H79O13P/c1-3-5-7-9-11-13-15-17-19-20-22-24-26-28-30-32-34-39(47)57-37(36-56-59(53,54)58-45-43(51)41(49)40(48)42(50)44(45)52)35-55-38(46)33-31-29-27-25-23-21-18-16-14-12-10-8-6-4-2/h10,12-13,15-16,18-20,37,40-45,48-52H,3-9,11,14,17,21-36H2,1-2H3,(H,53,54)/b12-10-,15-13-,18-16-,20-19-. The topological polar surface area (TPSA) is 210 Å². The number of carbonyl (C=O) groups excluding carboxylic acids is 2. The van der Waals surface area contributed by atoms with Gasteiger partial charge in [0.25, 0.3) is 0 Å². The minimum atomic E-state index is -5.12. The molecular weight excluding hydrogens is 779 g/mol. The van der Waals surface area contributed by atoms with Crippen molar-refractivity contribution in [3.05, 3.63) is 48.6 Å². The van der Waals surface area contributed by atoms with E-state index in [0.29, 0.717) is 12.8 Å². The summed E-state index contributed by atoms with van der Waals surface area (Å²) < 4.78 is 33.5. The fourth-order valence-electron chi connectivity index (χ4n) is 6.45. The van der Waals surface area contributed by atoms with E-state index < -0.39 is 75.7 Å². The Hall–Kier alpha value is -2.19. The maximum absolute atomic E-state index is 12.8. The number of allylic oxidation sites excluding steroid dienone is 8. The highest BCUT2D eigenvalue weighted by Crippen LogP contribution is 2.47. The van der Waals surface area contributed by atoms with Gasteiger partial charge in [0, 0.05) is 12.8 Å². The third kappa shape index (κ3) is 28.1. The van der Waals surface area contributed by atoms with Crippen LogP contribution in [0, 0.1) is 0 Å². The molecule has 0 heterocycles. The van der Waals surface area contributed by atoms with Crippen molar-refractivity contribution in [2.45, 2.75) is 211 Å². The number of unbranched alkanes of at least 4 members (excludes halogenated alkanes) is 16. The van der Waals surface area contributed by atoms with Gasteiger partial charge in [-0.1, -0.05) is 133 Å². The lowest BCUT2D eigenvalue weighted by atomic mass is 9.85. The average molecular weight is 859 g/mol. The van der Waals surface area contributed by atoms with Crippen LogP contribution in [0.15, 0.2) is 48.6 Å². The van der Waals surface area contributed by atoms with Gasteiger partial charge in [-0.25, -0.2) is 4.57 Å². The second-order valence-electron chi connectivity index (χ2n) is 15.5. The van der Waals surface area contributed by atoms with Crippen LogP contribution in [0.3, 0.4) is 0 Å². The molecule has 6 N–H and O–H groups in total. The molecule has 0 aromatic heterocycles. The monoisotopic (exact) mass is 859 g/mol. The predicted octanol–water partition coefficient (Wildman–Crippen LogP) is 8.39.